The Morgan fingerprint density at radius 1 is 1.80 bits per heavy atom. The highest BCUT2D eigenvalue weighted by molar-refractivity contribution is 5.52. The van der Waals surface area contributed by atoms with Gasteiger partial charge in [0.05, 0.1) is 0 Å². The smallest absolute Gasteiger partial charge is 0.132 e. The molecule has 3 heteroatoms. The number of rotatable bonds is 3. The van der Waals surface area contributed by atoms with E-state index in [1.807, 2.05) is 6.92 Å². The molecule has 1 N–H and O–H groups in total. The summed E-state index contributed by atoms with van der Waals surface area (Å²) in [6.45, 7) is 3.69. The molecule has 58 valence electrons. The van der Waals surface area contributed by atoms with Crippen LogP contribution >= 0.6 is 0 Å². The molecule has 1 atom stereocenters. The topological polar surface area (TPSA) is 33.6 Å². The molecule has 1 rings (SSSR count). The highest BCUT2D eigenvalue weighted by Gasteiger charge is 2.13. The predicted molar refractivity (Wildman–Crippen MR) is 41.1 cm³/mol. The summed E-state index contributed by atoms with van der Waals surface area (Å²) in [6.07, 6.45) is 4.15. The first-order valence-electron chi connectivity index (χ1n) is 3.77. The van der Waals surface area contributed by atoms with Crippen molar-refractivity contribution in [3.05, 3.63) is 0 Å². The SMILES string of the molecule is C/C=N/OC[C@@H]1CCCN1. The Bertz CT molecular complexity index is 108. The van der Waals surface area contributed by atoms with Crippen molar-refractivity contribution in [2.75, 3.05) is 13.2 Å². The Labute approximate surface area is 61.4 Å². The fraction of sp³-hybridized carbons (Fsp3) is 0.857. The zero-order valence-electron chi connectivity index (χ0n) is 6.34. The van der Waals surface area contributed by atoms with Crippen LogP contribution < -0.4 is 5.32 Å². The van der Waals surface area contributed by atoms with Crippen LogP contribution in [0, 0.1) is 0 Å². The second-order valence-electron chi connectivity index (χ2n) is 2.45. The maximum absolute atomic E-state index is 4.97. The first-order valence-corrected chi connectivity index (χ1v) is 3.77. The minimum Gasteiger partial charge on any atom is -0.394 e. The first-order chi connectivity index (χ1) is 4.93. The van der Waals surface area contributed by atoms with Gasteiger partial charge in [-0.1, -0.05) is 5.16 Å². The van der Waals surface area contributed by atoms with Gasteiger partial charge >= 0.3 is 0 Å². The van der Waals surface area contributed by atoms with E-state index < -0.39 is 0 Å². The molecule has 1 aliphatic heterocycles. The lowest BCUT2D eigenvalue weighted by Crippen LogP contribution is -2.25. The molecular weight excluding hydrogens is 128 g/mol. The molecule has 0 aromatic heterocycles. The molecule has 10 heavy (non-hydrogen) atoms. The lowest BCUT2D eigenvalue weighted by Gasteiger charge is -2.06. The normalized spacial score (nSPS) is 25.9. The first kappa shape index (κ1) is 7.54. The second-order valence-corrected chi connectivity index (χ2v) is 2.45. The summed E-state index contributed by atoms with van der Waals surface area (Å²) >= 11 is 0. The largest absolute Gasteiger partial charge is 0.394 e. The van der Waals surface area contributed by atoms with Crippen molar-refractivity contribution in [3.63, 3.8) is 0 Å². The fourth-order valence-electron chi connectivity index (χ4n) is 1.11. The van der Waals surface area contributed by atoms with Crippen LogP contribution in [0.4, 0.5) is 0 Å². The van der Waals surface area contributed by atoms with E-state index in [0.717, 1.165) is 6.54 Å². The molecule has 0 saturated carbocycles. The summed E-state index contributed by atoms with van der Waals surface area (Å²) in [5.74, 6) is 0. The van der Waals surface area contributed by atoms with Gasteiger partial charge in [-0.2, -0.15) is 0 Å². The second kappa shape index (κ2) is 4.28. The Hall–Kier alpha value is -0.570. The quantitative estimate of drug-likeness (QED) is 0.466. The minimum absolute atomic E-state index is 0.531. The van der Waals surface area contributed by atoms with E-state index in [9.17, 15) is 0 Å². The number of nitrogens with one attached hydrogen (secondary N) is 1. The standard InChI is InChI=1S/C7H14N2O/c1-2-9-10-6-7-4-3-5-8-7/h2,7-8H,3-6H2,1H3/b9-2+/t7-/m0/s1. The van der Waals surface area contributed by atoms with Crippen LogP contribution in [0.1, 0.15) is 19.8 Å². The van der Waals surface area contributed by atoms with E-state index in [2.05, 4.69) is 10.5 Å². The Morgan fingerprint density at radius 3 is 3.30 bits per heavy atom. The van der Waals surface area contributed by atoms with E-state index in [-0.39, 0.29) is 0 Å². The molecule has 0 unspecified atom stereocenters. The monoisotopic (exact) mass is 142 g/mol. The zero-order valence-corrected chi connectivity index (χ0v) is 6.34. The third-order valence-electron chi connectivity index (χ3n) is 1.62. The van der Waals surface area contributed by atoms with E-state index in [1.54, 1.807) is 6.21 Å². The molecule has 0 bridgehead atoms. The van der Waals surface area contributed by atoms with Crippen molar-refractivity contribution in [2.24, 2.45) is 5.16 Å². The van der Waals surface area contributed by atoms with Gasteiger partial charge in [0.1, 0.15) is 6.61 Å². The average molecular weight is 142 g/mol. The molecular formula is C7H14N2O. The molecule has 1 aliphatic rings. The average Bonchev–Trinajstić information content (AvgIpc) is 2.41. The number of hydrogen-bond acceptors (Lipinski definition) is 3. The number of nitrogens with zero attached hydrogens (tertiary/aromatic N) is 1. The Morgan fingerprint density at radius 2 is 2.70 bits per heavy atom. The van der Waals surface area contributed by atoms with Crippen LogP contribution in [0.25, 0.3) is 0 Å². The zero-order chi connectivity index (χ0) is 7.23. The maximum atomic E-state index is 4.97. The lowest BCUT2D eigenvalue weighted by molar-refractivity contribution is 0.126. The predicted octanol–water partition coefficient (Wildman–Crippen LogP) is 0.761. The summed E-state index contributed by atoms with van der Waals surface area (Å²) in [4.78, 5) is 4.97. The van der Waals surface area contributed by atoms with Gasteiger partial charge in [0.25, 0.3) is 0 Å². The van der Waals surface area contributed by atoms with Crippen LogP contribution in [-0.4, -0.2) is 25.4 Å². The van der Waals surface area contributed by atoms with Crippen LogP contribution in [0.2, 0.25) is 0 Å². The Kier molecular flexibility index (Phi) is 3.22. The van der Waals surface area contributed by atoms with Gasteiger partial charge in [0.2, 0.25) is 0 Å². The van der Waals surface area contributed by atoms with Gasteiger partial charge in [0.15, 0.2) is 0 Å². The van der Waals surface area contributed by atoms with Gasteiger partial charge in [-0.3, -0.25) is 0 Å². The molecule has 3 nitrogen and oxygen atoms in total. The summed E-state index contributed by atoms with van der Waals surface area (Å²) in [6, 6.07) is 0.531. The molecule has 0 aromatic carbocycles. The summed E-state index contributed by atoms with van der Waals surface area (Å²) in [5.41, 5.74) is 0. The van der Waals surface area contributed by atoms with E-state index in [1.165, 1.54) is 12.8 Å². The van der Waals surface area contributed by atoms with Crippen LogP contribution in [0.3, 0.4) is 0 Å². The molecule has 1 fully saturated rings. The summed E-state index contributed by atoms with van der Waals surface area (Å²) in [7, 11) is 0. The summed E-state index contributed by atoms with van der Waals surface area (Å²) < 4.78 is 0. The molecule has 1 heterocycles. The highest BCUT2D eigenvalue weighted by Crippen LogP contribution is 2.04. The summed E-state index contributed by atoms with van der Waals surface area (Å²) in [5, 5.41) is 6.99. The third kappa shape index (κ3) is 2.35. The molecule has 0 amide bonds. The van der Waals surface area contributed by atoms with E-state index in [4.69, 9.17) is 4.84 Å². The molecule has 1 saturated heterocycles. The van der Waals surface area contributed by atoms with Gasteiger partial charge < -0.3 is 10.2 Å². The highest BCUT2D eigenvalue weighted by atomic mass is 16.6. The van der Waals surface area contributed by atoms with Crippen LogP contribution in [-0.2, 0) is 4.84 Å². The molecule has 0 spiro atoms. The van der Waals surface area contributed by atoms with Crippen molar-refractivity contribution in [1.29, 1.82) is 0 Å². The fourth-order valence-corrected chi connectivity index (χ4v) is 1.11. The number of hydrogen-bond donors (Lipinski definition) is 1. The van der Waals surface area contributed by atoms with Crippen molar-refractivity contribution in [1.82, 2.24) is 5.32 Å². The van der Waals surface area contributed by atoms with Crippen LogP contribution in [0.15, 0.2) is 5.16 Å². The molecule has 0 aromatic rings. The maximum Gasteiger partial charge on any atom is 0.132 e. The van der Waals surface area contributed by atoms with Crippen molar-refractivity contribution >= 4 is 6.21 Å². The van der Waals surface area contributed by atoms with Crippen molar-refractivity contribution in [2.45, 2.75) is 25.8 Å². The van der Waals surface area contributed by atoms with Gasteiger partial charge in [0, 0.05) is 12.3 Å². The van der Waals surface area contributed by atoms with Gasteiger partial charge in [-0.15, -0.1) is 0 Å². The number of oxime groups is 1. The van der Waals surface area contributed by atoms with E-state index >= 15 is 0 Å². The third-order valence-corrected chi connectivity index (χ3v) is 1.62. The van der Waals surface area contributed by atoms with Crippen molar-refractivity contribution in [3.8, 4) is 0 Å². The van der Waals surface area contributed by atoms with Crippen molar-refractivity contribution < 1.29 is 4.84 Å². The minimum atomic E-state index is 0.531. The van der Waals surface area contributed by atoms with Crippen LogP contribution in [0.5, 0.6) is 0 Å². The Balaban J connectivity index is 2.01. The molecule has 0 aliphatic carbocycles. The van der Waals surface area contributed by atoms with Gasteiger partial charge in [-0.25, -0.2) is 0 Å². The van der Waals surface area contributed by atoms with E-state index in [0.29, 0.717) is 12.6 Å². The lowest BCUT2D eigenvalue weighted by atomic mass is 10.2. The molecule has 0 radical (unpaired) electrons. The van der Waals surface area contributed by atoms with Gasteiger partial charge in [-0.05, 0) is 26.3 Å².